The SMILES string of the molecule is COc1ccc(-n2cnnc2SCC(=O)N(Cc2cccc(F)c2)CC2CCCO2)cc1. The lowest BCUT2D eigenvalue weighted by atomic mass is 10.2. The first-order chi connectivity index (χ1) is 15.6. The highest BCUT2D eigenvalue weighted by atomic mass is 32.2. The molecule has 0 radical (unpaired) electrons. The van der Waals surface area contributed by atoms with E-state index in [1.165, 1.54) is 23.9 Å². The zero-order chi connectivity index (χ0) is 22.3. The van der Waals surface area contributed by atoms with Gasteiger partial charge in [-0.15, -0.1) is 10.2 Å². The number of thioether (sulfide) groups is 1. The maximum Gasteiger partial charge on any atom is 0.233 e. The second-order valence-electron chi connectivity index (χ2n) is 7.51. The monoisotopic (exact) mass is 456 g/mol. The van der Waals surface area contributed by atoms with Gasteiger partial charge < -0.3 is 14.4 Å². The molecule has 1 aliphatic rings. The van der Waals surface area contributed by atoms with E-state index in [0.29, 0.717) is 24.9 Å². The summed E-state index contributed by atoms with van der Waals surface area (Å²) in [6.45, 7) is 1.54. The van der Waals surface area contributed by atoms with E-state index < -0.39 is 0 Å². The third-order valence-corrected chi connectivity index (χ3v) is 6.18. The van der Waals surface area contributed by atoms with Crippen molar-refractivity contribution in [1.29, 1.82) is 0 Å². The van der Waals surface area contributed by atoms with Crippen LogP contribution in [0.3, 0.4) is 0 Å². The molecule has 2 aromatic carbocycles. The molecule has 0 spiro atoms. The minimum Gasteiger partial charge on any atom is -0.497 e. The lowest BCUT2D eigenvalue weighted by molar-refractivity contribution is -0.130. The molecule has 0 bridgehead atoms. The number of rotatable bonds is 9. The van der Waals surface area contributed by atoms with E-state index >= 15 is 0 Å². The lowest BCUT2D eigenvalue weighted by Crippen LogP contribution is -2.38. The summed E-state index contributed by atoms with van der Waals surface area (Å²) in [5.41, 5.74) is 1.63. The largest absolute Gasteiger partial charge is 0.497 e. The number of benzene rings is 2. The molecule has 0 N–H and O–H groups in total. The van der Waals surface area contributed by atoms with E-state index in [4.69, 9.17) is 9.47 Å². The number of ether oxygens (including phenoxy) is 2. The number of carbonyl (C=O) groups excluding carboxylic acids is 1. The molecular formula is C23H25FN4O3S. The van der Waals surface area contributed by atoms with Gasteiger partial charge in [-0.25, -0.2) is 4.39 Å². The first-order valence-corrected chi connectivity index (χ1v) is 11.4. The van der Waals surface area contributed by atoms with Crippen molar-refractivity contribution < 1.29 is 18.7 Å². The Morgan fingerprint density at radius 2 is 2.16 bits per heavy atom. The summed E-state index contributed by atoms with van der Waals surface area (Å²) in [6, 6.07) is 13.9. The molecule has 32 heavy (non-hydrogen) atoms. The average molecular weight is 457 g/mol. The van der Waals surface area contributed by atoms with Crippen LogP contribution in [0.2, 0.25) is 0 Å². The van der Waals surface area contributed by atoms with E-state index in [9.17, 15) is 9.18 Å². The Hall–Kier alpha value is -2.91. The fourth-order valence-corrected chi connectivity index (χ4v) is 4.44. The molecule has 1 fully saturated rings. The van der Waals surface area contributed by atoms with Crippen LogP contribution >= 0.6 is 11.8 Å². The first-order valence-electron chi connectivity index (χ1n) is 10.4. The Morgan fingerprint density at radius 3 is 2.88 bits per heavy atom. The van der Waals surface area contributed by atoms with Crippen LogP contribution in [-0.4, -0.2) is 57.7 Å². The standard InChI is InChI=1S/C23H25FN4O3S/c1-30-20-9-7-19(8-10-20)28-16-25-26-23(28)32-15-22(29)27(14-21-6-3-11-31-21)13-17-4-2-5-18(24)12-17/h2,4-5,7-10,12,16,21H,3,6,11,13-15H2,1H3. The molecule has 1 unspecified atom stereocenters. The highest BCUT2D eigenvalue weighted by Gasteiger charge is 2.23. The third kappa shape index (κ3) is 5.66. The number of hydrogen-bond donors (Lipinski definition) is 0. The predicted octanol–water partition coefficient (Wildman–Crippen LogP) is 3.71. The van der Waals surface area contributed by atoms with Crippen molar-refractivity contribution in [3.05, 3.63) is 66.2 Å². The Labute approximate surface area is 190 Å². The summed E-state index contributed by atoms with van der Waals surface area (Å²) in [4.78, 5) is 14.9. The minimum atomic E-state index is -0.311. The van der Waals surface area contributed by atoms with Crippen molar-refractivity contribution in [2.75, 3.05) is 26.0 Å². The number of carbonyl (C=O) groups is 1. The normalized spacial score (nSPS) is 15.6. The topological polar surface area (TPSA) is 69.5 Å². The Kier molecular flexibility index (Phi) is 7.39. The molecular weight excluding hydrogens is 431 g/mol. The van der Waals surface area contributed by atoms with E-state index in [1.807, 2.05) is 34.9 Å². The van der Waals surface area contributed by atoms with Crippen LogP contribution in [-0.2, 0) is 16.1 Å². The van der Waals surface area contributed by atoms with Gasteiger partial charge in [-0.3, -0.25) is 9.36 Å². The summed E-state index contributed by atoms with van der Waals surface area (Å²) in [6.07, 6.45) is 3.55. The summed E-state index contributed by atoms with van der Waals surface area (Å²) in [5.74, 6) is 0.581. The van der Waals surface area contributed by atoms with Crippen molar-refractivity contribution in [1.82, 2.24) is 19.7 Å². The van der Waals surface area contributed by atoms with Crippen molar-refractivity contribution in [2.45, 2.75) is 30.6 Å². The van der Waals surface area contributed by atoms with Gasteiger partial charge in [0.25, 0.3) is 0 Å². The van der Waals surface area contributed by atoms with Crippen molar-refractivity contribution >= 4 is 17.7 Å². The molecule has 0 saturated carbocycles. The van der Waals surface area contributed by atoms with Crippen LogP contribution < -0.4 is 4.74 Å². The number of methoxy groups -OCH3 is 1. The molecule has 1 aliphatic heterocycles. The van der Waals surface area contributed by atoms with Gasteiger partial charge in [-0.1, -0.05) is 23.9 Å². The van der Waals surface area contributed by atoms with Crippen LogP contribution in [0, 0.1) is 5.82 Å². The predicted molar refractivity (Wildman–Crippen MR) is 119 cm³/mol. The average Bonchev–Trinajstić information content (AvgIpc) is 3.49. The maximum atomic E-state index is 13.7. The Balaban J connectivity index is 1.44. The molecule has 1 saturated heterocycles. The van der Waals surface area contributed by atoms with Crippen LogP contribution in [0.5, 0.6) is 5.75 Å². The van der Waals surface area contributed by atoms with Gasteiger partial charge in [0.2, 0.25) is 5.91 Å². The van der Waals surface area contributed by atoms with E-state index in [0.717, 1.165) is 29.8 Å². The number of halogens is 1. The van der Waals surface area contributed by atoms with Crippen LogP contribution in [0.1, 0.15) is 18.4 Å². The summed E-state index contributed by atoms with van der Waals surface area (Å²) in [5, 5.41) is 8.78. The molecule has 2 heterocycles. The van der Waals surface area contributed by atoms with Gasteiger partial charge in [-0.05, 0) is 54.8 Å². The second kappa shape index (κ2) is 10.6. The van der Waals surface area contributed by atoms with Crippen LogP contribution in [0.15, 0.2) is 60.0 Å². The van der Waals surface area contributed by atoms with Crippen LogP contribution in [0.4, 0.5) is 4.39 Å². The first kappa shape index (κ1) is 22.3. The molecule has 3 aromatic rings. The zero-order valence-corrected chi connectivity index (χ0v) is 18.6. The molecule has 9 heteroatoms. The number of hydrogen-bond acceptors (Lipinski definition) is 6. The molecule has 1 atom stereocenters. The third-order valence-electron chi connectivity index (χ3n) is 5.25. The highest BCUT2D eigenvalue weighted by Crippen LogP contribution is 2.23. The van der Waals surface area contributed by atoms with Gasteiger partial charge in [0.15, 0.2) is 5.16 Å². The summed E-state index contributed by atoms with van der Waals surface area (Å²) >= 11 is 1.32. The number of nitrogens with zero attached hydrogens (tertiary/aromatic N) is 4. The van der Waals surface area contributed by atoms with Gasteiger partial charge in [-0.2, -0.15) is 0 Å². The molecule has 1 amide bonds. The maximum absolute atomic E-state index is 13.7. The van der Waals surface area contributed by atoms with Gasteiger partial charge in [0.1, 0.15) is 17.9 Å². The second-order valence-corrected chi connectivity index (χ2v) is 8.45. The fourth-order valence-electron chi connectivity index (χ4n) is 3.60. The van der Waals surface area contributed by atoms with Gasteiger partial charge in [0.05, 0.1) is 19.0 Å². The minimum absolute atomic E-state index is 0.0143. The fraction of sp³-hybridized carbons (Fsp3) is 0.348. The highest BCUT2D eigenvalue weighted by molar-refractivity contribution is 7.99. The van der Waals surface area contributed by atoms with Gasteiger partial charge in [0, 0.05) is 25.4 Å². The Morgan fingerprint density at radius 1 is 1.31 bits per heavy atom. The summed E-state index contributed by atoms with van der Waals surface area (Å²) in [7, 11) is 1.62. The zero-order valence-electron chi connectivity index (χ0n) is 17.8. The van der Waals surface area contributed by atoms with Crippen molar-refractivity contribution in [3.63, 3.8) is 0 Å². The molecule has 168 valence electrons. The van der Waals surface area contributed by atoms with E-state index in [-0.39, 0.29) is 23.6 Å². The lowest BCUT2D eigenvalue weighted by Gasteiger charge is -2.25. The molecule has 4 rings (SSSR count). The number of aromatic nitrogens is 3. The van der Waals surface area contributed by atoms with Crippen molar-refractivity contribution in [3.8, 4) is 11.4 Å². The quantitative estimate of drug-likeness (QED) is 0.457. The van der Waals surface area contributed by atoms with Crippen LogP contribution in [0.25, 0.3) is 5.69 Å². The van der Waals surface area contributed by atoms with E-state index in [2.05, 4.69) is 10.2 Å². The van der Waals surface area contributed by atoms with Gasteiger partial charge >= 0.3 is 0 Å². The molecule has 0 aliphatic carbocycles. The summed E-state index contributed by atoms with van der Waals surface area (Å²) < 4.78 is 26.4. The molecule has 7 nitrogen and oxygen atoms in total. The van der Waals surface area contributed by atoms with E-state index in [1.54, 1.807) is 24.4 Å². The molecule has 1 aromatic heterocycles. The van der Waals surface area contributed by atoms with Crippen molar-refractivity contribution in [2.24, 2.45) is 0 Å². The number of amides is 1. The Bertz CT molecular complexity index is 1040. The smallest absolute Gasteiger partial charge is 0.233 e.